The lowest BCUT2D eigenvalue weighted by molar-refractivity contribution is 0.731. The first-order chi connectivity index (χ1) is 8.15. The number of anilines is 1. The highest BCUT2D eigenvalue weighted by atomic mass is 16.2. The predicted octanol–water partition coefficient (Wildman–Crippen LogP) is -0.178. The number of hydrogen-bond donors (Lipinski definition) is 2. The molecule has 0 saturated carbocycles. The van der Waals surface area contributed by atoms with Crippen LogP contribution in [0.4, 0.5) is 5.82 Å². The van der Waals surface area contributed by atoms with Crippen LogP contribution in [0.1, 0.15) is 0 Å². The standard InChI is InChI=1S/C11H12N4O2/c1-14-10(16)7-9(13-12)15(11(14)17)8-5-3-2-4-6-8/h2-7,13H,12H2,1H3. The molecule has 0 bridgehead atoms. The lowest BCUT2D eigenvalue weighted by Gasteiger charge is -2.12. The normalized spacial score (nSPS) is 10.2. The molecule has 0 radical (unpaired) electrons. The van der Waals surface area contributed by atoms with Crippen LogP contribution >= 0.6 is 0 Å². The third kappa shape index (κ3) is 1.85. The molecule has 0 spiro atoms. The van der Waals surface area contributed by atoms with Gasteiger partial charge in [-0.3, -0.25) is 9.36 Å². The molecule has 0 fully saturated rings. The highest BCUT2D eigenvalue weighted by Crippen LogP contribution is 2.09. The molecule has 0 amide bonds. The average molecular weight is 232 g/mol. The van der Waals surface area contributed by atoms with Crippen molar-refractivity contribution in [1.29, 1.82) is 0 Å². The van der Waals surface area contributed by atoms with E-state index in [0.29, 0.717) is 5.69 Å². The third-order valence-electron chi connectivity index (χ3n) is 2.47. The summed E-state index contributed by atoms with van der Waals surface area (Å²) in [4.78, 5) is 23.5. The smallest absolute Gasteiger partial charge is 0.309 e. The lowest BCUT2D eigenvalue weighted by atomic mass is 10.3. The second kappa shape index (κ2) is 4.26. The molecule has 17 heavy (non-hydrogen) atoms. The summed E-state index contributed by atoms with van der Waals surface area (Å²) >= 11 is 0. The SMILES string of the molecule is Cn1c(=O)cc(NN)n(-c2ccccc2)c1=O. The minimum Gasteiger partial charge on any atom is -0.309 e. The molecule has 3 N–H and O–H groups in total. The summed E-state index contributed by atoms with van der Waals surface area (Å²) in [6.45, 7) is 0. The quantitative estimate of drug-likeness (QED) is 0.556. The summed E-state index contributed by atoms with van der Waals surface area (Å²) in [7, 11) is 1.42. The molecule has 6 nitrogen and oxygen atoms in total. The van der Waals surface area contributed by atoms with Gasteiger partial charge >= 0.3 is 5.69 Å². The molecule has 88 valence electrons. The Balaban J connectivity index is 2.82. The Kier molecular flexibility index (Phi) is 2.80. The van der Waals surface area contributed by atoms with Gasteiger partial charge in [-0.1, -0.05) is 18.2 Å². The van der Waals surface area contributed by atoms with Gasteiger partial charge in [0.15, 0.2) is 0 Å². The Morgan fingerprint density at radius 1 is 1.18 bits per heavy atom. The number of rotatable bonds is 2. The number of aromatic nitrogens is 2. The van der Waals surface area contributed by atoms with Crippen LogP contribution in [0.25, 0.3) is 5.69 Å². The number of nitrogen functional groups attached to an aromatic ring is 1. The van der Waals surface area contributed by atoms with Crippen molar-refractivity contribution in [2.24, 2.45) is 12.9 Å². The molecule has 6 heteroatoms. The summed E-state index contributed by atoms with van der Waals surface area (Å²) < 4.78 is 2.36. The zero-order valence-electron chi connectivity index (χ0n) is 9.25. The number of para-hydroxylation sites is 1. The van der Waals surface area contributed by atoms with E-state index < -0.39 is 11.2 Å². The van der Waals surface area contributed by atoms with Crippen LogP contribution in [0.2, 0.25) is 0 Å². The highest BCUT2D eigenvalue weighted by Gasteiger charge is 2.09. The van der Waals surface area contributed by atoms with E-state index in [1.165, 1.54) is 17.7 Å². The van der Waals surface area contributed by atoms with E-state index in [-0.39, 0.29) is 5.82 Å². The monoisotopic (exact) mass is 232 g/mol. The summed E-state index contributed by atoms with van der Waals surface area (Å²) in [5.41, 5.74) is 2.14. The van der Waals surface area contributed by atoms with Gasteiger partial charge in [-0.05, 0) is 12.1 Å². The van der Waals surface area contributed by atoms with Crippen molar-refractivity contribution in [2.45, 2.75) is 0 Å². The number of nitrogens with zero attached hydrogens (tertiary/aromatic N) is 2. The first kappa shape index (κ1) is 11.2. The van der Waals surface area contributed by atoms with Gasteiger partial charge in [-0.2, -0.15) is 0 Å². The van der Waals surface area contributed by atoms with Gasteiger partial charge in [0, 0.05) is 13.1 Å². The molecule has 0 unspecified atom stereocenters. The molecule has 0 atom stereocenters. The fourth-order valence-corrected chi connectivity index (χ4v) is 1.56. The summed E-state index contributed by atoms with van der Waals surface area (Å²) in [6, 6.07) is 10.2. The highest BCUT2D eigenvalue weighted by molar-refractivity contribution is 5.43. The molecule has 1 heterocycles. The van der Waals surface area contributed by atoms with Gasteiger partial charge in [0.1, 0.15) is 5.82 Å². The topological polar surface area (TPSA) is 82.0 Å². The van der Waals surface area contributed by atoms with Crippen molar-refractivity contribution < 1.29 is 0 Å². The van der Waals surface area contributed by atoms with Crippen molar-refractivity contribution >= 4 is 5.82 Å². The van der Waals surface area contributed by atoms with Gasteiger partial charge in [0.2, 0.25) is 0 Å². The third-order valence-corrected chi connectivity index (χ3v) is 2.47. The number of nitrogens with two attached hydrogens (primary N) is 1. The maximum atomic E-state index is 12.0. The summed E-state index contributed by atoms with van der Waals surface area (Å²) in [5, 5.41) is 0. The number of nitrogens with one attached hydrogen (secondary N) is 1. The van der Waals surface area contributed by atoms with Crippen LogP contribution < -0.4 is 22.5 Å². The number of hydrogen-bond acceptors (Lipinski definition) is 4. The van der Waals surface area contributed by atoms with E-state index >= 15 is 0 Å². The maximum Gasteiger partial charge on any atom is 0.336 e. The largest absolute Gasteiger partial charge is 0.336 e. The zero-order valence-corrected chi connectivity index (χ0v) is 9.25. The molecular weight excluding hydrogens is 220 g/mol. The lowest BCUT2D eigenvalue weighted by Crippen LogP contribution is -2.38. The first-order valence-corrected chi connectivity index (χ1v) is 5.00. The van der Waals surface area contributed by atoms with E-state index in [0.717, 1.165) is 4.57 Å². The molecule has 0 aliphatic carbocycles. The number of benzene rings is 1. The van der Waals surface area contributed by atoms with Gasteiger partial charge in [0.05, 0.1) is 5.69 Å². The maximum absolute atomic E-state index is 12.0. The molecule has 0 saturated heterocycles. The minimum absolute atomic E-state index is 0.254. The predicted molar refractivity (Wildman–Crippen MR) is 65.1 cm³/mol. The Labute approximate surface area is 96.9 Å². The van der Waals surface area contributed by atoms with Crippen LogP contribution in [-0.2, 0) is 7.05 Å². The van der Waals surface area contributed by atoms with Gasteiger partial charge in [-0.15, -0.1) is 0 Å². The van der Waals surface area contributed by atoms with Crippen LogP contribution in [0.3, 0.4) is 0 Å². The molecule has 0 aliphatic rings. The van der Waals surface area contributed by atoms with Crippen molar-refractivity contribution in [3.8, 4) is 5.69 Å². The van der Waals surface area contributed by atoms with Crippen molar-refractivity contribution in [3.05, 3.63) is 57.2 Å². The van der Waals surface area contributed by atoms with E-state index in [2.05, 4.69) is 5.43 Å². The molecule has 2 rings (SSSR count). The first-order valence-electron chi connectivity index (χ1n) is 5.00. The van der Waals surface area contributed by atoms with Crippen LogP contribution in [0.15, 0.2) is 46.0 Å². The summed E-state index contributed by atoms with van der Waals surface area (Å²) in [5.74, 6) is 5.57. The molecule has 2 aromatic rings. The fourth-order valence-electron chi connectivity index (χ4n) is 1.56. The van der Waals surface area contributed by atoms with Crippen molar-refractivity contribution in [2.75, 3.05) is 5.43 Å². The van der Waals surface area contributed by atoms with Gasteiger partial charge in [0.25, 0.3) is 5.56 Å². The van der Waals surface area contributed by atoms with Crippen LogP contribution in [0.5, 0.6) is 0 Å². The van der Waals surface area contributed by atoms with Gasteiger partial charge in [-0.25, -0.2) is 15.2 Å². The second-order valence-corrected chi connectivity index (χ2v) is 3.52. The molecular formula is C11H12N4O2. The Morgan fingerprint density at radius 2 is 1.82 bits per heavy atom. The van der Waals surface area contributed by atoms with Crippen molar-refractivity contribution in [1.82, 2.24) is 9.13 Å². The Bertz CT molecular complexity index is 643. The Hall–Kier alpha value is -2.34. The van der Waals surface area contributed by atoms with Crippen LogP contribution in [0, 0.1) is 0 Å². The molecule has 1 aromatic carbocycles. The second-order valence-electron chi connectivity index (χ2n) is 3.52. The van der Waals surface area contributed by atoms with E-state index in [1.807, 2.05) is 6.07 Å². The van der Waals surface area contributed by atoms with E-state index in [1.54, 1.807) is 24.3 Å². The van der Waals surface area contributed by atoms with E-state index in [9.17, 15) is 9.59 Å². The van der Waals surface area contributed by atoms with Gasteiger partial charge < -0.3 is 5.43 Å². The minimum atomic E-state index is -0.448. The fraction of sp³-hybridized carbons (Fsp3) is 0.0909. The molecule has 1 aromatic heterocycles. The van der Waals surface area contributed by atoms with Crippen LogP contribution in [-0.4, -0.2) is 9.13 Å². The zero-order chi connectivity index (χ0) is 12.4. The Morgan fingerprint density at radius 3 is 2.41 bits per heavy atom. The molecule has 0 aliphatic heterocycles. The summed E-state index contributed by atoms with van der Waals surface area (Å²) in [6.07, 6.45) is 0. The van der Waals surface area contributed by atoms with Crippen molar-refractivity contribution in [3.63, 3.8) is 0 Å². The average Bonchev–Trinajstić information content (AvgIpc) is 2.36. The van der Waals surface area contributed by atoms with E-state index in [4.69, 9.17) is 5.84 Å². The number of hydrazine groups is 1.